The lowest BCUT2D eigenvalue weighted by atomic mass is 10.1. The summed E-state index contributed by atoms with van der Waals surface area (Å²) in [7, 11) is 6.27. The molecule has 0 saturated carbocycles. The number of aryl methyl sites for hydroxylation is 3. The van der Waals surface area contributed by atoms with E-state index in [-0.39, 0.29) is 15.7 Å². The fourth-order valence-corrected chi connectivity index (χ4v) is 10.4. The first-order valence-electron chi connectivity index (χ1n) is 29.8. The summed E-state index contributed by atoms with van der Waals surface area (Å²) < 4.78 is 24.8. The lowest BCUT2D eigenvalue weighted by Crippen LogP contribution is -2.09. The van der Waals surface area contributed by atoms with Crippen molar-refractivity contribution in [2.75, 3.05) is 44.4 Å². The number of aromatic amines is 1. The van der Waals surface area contributed by atoms with E-state index in [0.717, 1.165) is 72.0 Å². The normalized spacial score (nSPS) is 10.2. The number of anilines is 3. The molecular weight excluding hydrogens is 1290 g/mol. The molecule has 490 valence electrons. The zero-order valence-electron chi connectivity index (χ0n) is 54.1. The van der Waals surface area contributed by atoms with Crippen molar-refractivity contribution in [1.29, 1.82) is 10.5 Å². The Labute approximate surface area is 576 Å². The first-order valence-corrected chi connectivity index (χ1v) is 31.0. The standard InChI is InChI=1S/C22H23N5O.C22H19N5O.C12H12ClN3O.C10H8N2.C5H4Cl2N2O.C2H2/c2*1-15-11-18-17(12-23)9-6-10-19(18)27(15)22-25-14-20(28-2)21(26-22)24-13-16-7-4-3-5-8-16;1-17-10-8-15-12(13)16-11(10)14-7-9-5-3-2-4-6-9;1-7-5-9-8(6-11)3-2-4-10(9)12-7;1-10-3-2-8-5(7)9-4(3)6;1-2/h3-11,14H,12-13,23H2,1-2H3,(H,24,25,26);3-11,14H,13H2,1-2H3,(H,24,25,26);2-6,8H,7H2,1H3,(H,14,15,16);2-5,12H,1H3;2H,1H3;1-2H. The smallest absolute Gasteiger partial charge is 0.236 e. The van der Waals surface area contributed by atoms with Crippen LogP contribution in [0.5, 0.6) is 23.0 Å². The van der Waals surface area contributed by atoms with Gasteiger partial charge in [0.25, 0.3) is 0 Å². The van der Waals surface area contributed by atoms with Gasteiger partial charge in [0, 0.05) is 64.9 Å². The predicted octanol–water partition coefficient (Wildman–Crippen LogP) is 15.2. The summed E-state index contributed by atoms with van der Waals surface area (Å²) in [4.78, 5) is 36.9. The first kappa shape index (κ1) is 71.1. The van der Waals surface area contributed by atoms with Gasteiger partial charge in [-0.05, 0) is 115 Å². The molecule has 0 saturated heterocycles. The van der Waals surface area contributed by atoms with Crippen molar-refractivity contribution >= 4 is 85.0 Å². The molecule has 0 spiro atoms. The lowest BCUT2D eigenvalue weighted by Gasteiger charge is -2.13. The maximum Gasteiger partial charge on any atom is 0.236 e. The molecule has 13 rings (SSSR count). The van der Waals surface area contributed by atoms with E-state index in [4.69, 9.17) is 74.7 Å². The minimum atomic E-state index is 0.116. The number of nitrogens with one attached hydrogen (secondary N) is 4. The number of ether oxygens (including phenoxy) is 4. The van der Waals surface area contributed by atoms with Crippen LogP contribution in [0.3, 0.4) is 0 Å². The maximum absolute atomic E-state index is 9.38. The molecule has 0 aliphatic heterocycles. The highest BCUT2D eigenvalue weighted by Gasteiger charge is 2.18. The Morgan fingerprint density at radius 3 is 1.33 bits per heavy atom. The van der Waals surface area contributed by atoms with Crippen molar-refractivity contribution in [2.45, 2.75) is 47.0 Å². The van der Waals surface area contributed by atoms with Gasteiger partial charge in [-0.1, -0.05) is 127 Å². The van der Waals surface area contributed by atoms with E-state index in [1.165, 1.54) is 18.9 Å². The molecule has 7 aromatic heterocycles. The van der Waals surface area contributed by atoms with E-state index in [1.54, 1.807) is 39.9 Å². The highest BCUT2D eigenvalue weighted by molar-refractivity contribution is 6.32. The largest absolute Gasteiger partial charge is 0.492 e. The van der Waals surface area contributed by atoms with Gasteiger partial charge in [0.1, 0.15) is 0 Å². The van der Waals surface area contributed by atoms with Crippen molar-refractivity contribution in [3.63, 3.8) is 0 Å². The van der Waals surface area contributed by atoms with Crippen LogP contribution in [0.1, 0.15) is 50.5 Å². The van der Waals surface area contributed by atoms with Crippen molar-refractivity contribution < 1.29 is 18.9 Å². The second-order valence-electron chi connectivity index (χ2n) is 20.7. The van der Waals surface area contributed by atoms with E-state index in [1.807, 2.05) is 157 Å². The average Bonchev–Trinajstić information content (AvgIpc) is 1.65. The van der Waals surface area contributed by atoms with Gasteiger partial charge in [0.15, 0.2) is 45.6 Å². The van der Waals surface area contributed by atoms with E-state index in [2.05, 4.69) is 112 Å². The van der Waals surface area contributed by atoms with Gasteiger partial charge in [-0.3, -0.25) is 9.13 Å². The first-order chi connectivity index (χ1) is 47.3. The summed E-state index contributed by atoms with van der Waals surface area (Å²) in [6.45, 7) is 8.44. The molecule has 0 atom stereocenters. The fourth-order valence-electron chi connectivity index (χ4n) is 9.91. The minimum absolute atomic E-state index is 0.116. The van der Waals surface area contributed by atoms with Crippen LogP contribution in [-0.4, -0.2) is 82.4 Å². The number of hydrogen-bond acceptors (Lipinski definition) is 18. The maximum atomic E-state index is 9.38. The van der Waals surface area contributed by atoms with E-state index in [9.17, 15) is 5.26 Å². The van der Waals surface area contributed by atoms with Crippen LogP contribution in [0, 0.1) is 56.3 Å². The van der Waals surface area contributed by atoms with Gasteiger partial charge in [0.2, 0.25) is 22.5 Å². The Balaban J connectivity index is 0.000000162. The number of halogens is 3. The molecule has 97 heavy (non-hydrogen) atoms. The molecule has 0 bridgehead atoms. The molecule has 6 N–H and O–H groups in total. The molecule has 0 unspecified atom stereocenters. The SMILES string of the molecule is C#C.COc1cnc(-n2c(C)cc3c(C#N)cccc32)nc1NCc1ccccc1.COc1cnc(-n2c(C)cc3c(CN)cccc32)nc1NCc1ccccc1.COc1cnc(Cl)nc1Cl.COc1cnc(Cl)nc1NCc1ccccc1.Cc1cc2c(C#N)cccc2[nH]1. The molecule has 0 radical (unpaired) electrons. The minimum Gasteiger partial charge on any atom is -0.492 e. The molecule has 6 aromatic carbocycles. The molecular formula is C73H68Cl3N17O4. The van der Waals surface area contributed by atoms with Crippen molar-refractivity contribution in [3.05, 3.63) is 255 Å². The molecule has 0 aliphatic carbocycles. The number of terminal acetylenes is 1. The van der Waals surface area contributed by atoms with Crippen LogP contribution in [0.4, 0.5) is 17.5 Å². The van der Waals surface area contributed by atoms with Gasteiger partial charge in [-0.15, -0.1) is 12.8 Å². The topological polar surface area (TPSA) is 275 Å². The van der Waals surface area contributed by atoms with Crippen LogP contribution in [0.2, 0.25) is 15.7 Å². The molecule has 24 heteroatoms. The number of fused-ring (bicyclic) bond motifs is 3. The van der Waals surface area contributed by atoms with E-state index >= 15 is 0 Å². The van der Waals surface area contributed by atoms with Gasteiger partial charge >= 0.3 is 0 Å². The van der Waals surface area contributed by atoms with Crippen molar-refractivity contribution in [1.82, 2.24) is 54.0 Å². The summed E-state index contributed by atoms with van der Waals surface area (Å²) in [5, 5.41) is 31.6. The zero-order valence-corrected chi connectivity index (χ0v) is 56.4. The summed E-state index contributed by atoms with van der Waals surface area (Å²) in [5.41, 5.74) is 17.9. The number of benzene rings is 6. The molecule has 21 nitrogen and oxygen atoms in total. The Hall–Kier alpha value is -11.8. The van der Waals surface area contributed by atoms with Gasteiger partial charge < -0.3 is 45.6 Å². The Kier molecular flexibility index (Phi) is 26.0. The number of nitriles is 2. The molecule has 0 fully saturated rings. The van der Waals surface area contributed by atoms with Crippen LogP contribution in [0.25, 0.3) is 44.6 Å². The number of nitrogens with zero attached hydrogens (tertiary/aromatic N) is 12. The lowest BCUT2D eigenvalue weighted by molar-refractivity contribution is 0.411. The third-order valence-electron chi connectivity index (χ3n) is 14.5. The van der Waals surface area contributed by atoms with Gasteiger partial charge in [-0.25, -0.2) is 24.9 Å². The van der Waals surface area contributed by atoms with E-state index in [0.29, 0.717) is 84.1 Å². The summed E-state index contributed by atoms with van der Waals surface area (Å²) >= 11 is 16.7. The number of hydrogen-bond donors (Lipinski definition) is 5. The van der Waals surface area contributed by atoms with Gasteiger partial charge in [-0.2, -0.15) is 25.5 Å². The molecule has 7 heterocycles. The second kappa shape index (κ2) is 35.5. The van der Waals surface area contributed by atoms with Crippen LogP contribution in [0.15, 0.2) is 189 Å². The van der Waals surface area contributed by atoms with Crippen molar-refractivity contribution in [2.24, 2.45) is 5.73 Å². The third-order valence-corrected chi connectivity index (χ3v) is 15.1. The Morgan fingerprint density at radius 2 is 0.876 bits per heavy atom. The average molecular weight is 1350 g/mol. The quantitative estimate of drug-likeness (QED) is 0.0341. The highest BCUT2D eigenvalue weighted by Crippen LogP contribution is 2.31. The monoisotopic (exact) mass is 1350 g/mol. The summed E-state index contributed by atoms with van der Waals surface area (Å²) in [6.07, 6.45) is 14.3. The second-order valence-corrected chi connectivity index (χ2v) is 21.8. The predicted molar refractivity (Wildman–Crippen MR) is 384 cm³/mol. The third kappa shape index (κ3) is 18.5. The number of H-pyrrole nitrogens is 1. The number of nitrogens with two attached hydrogens (primary N) is 1. The Bertz CT molecular complexity index is 4840. The van der Waals surface area contributed by atoms with Crippen LogP contribution in [-0.2, 0) is 26.2 Å². The van der Waals surface area contributed by atoms with Gasteiger partial charge in [0.05, 0.1) is 87.5 Å². The van der Waals surface area contributed by atoms with E-state index < -0.39 is 0 Å². The fraction of sp³-hybridized carbons (Fsp3) is 0.151. The molecule has 0 aliphatic rings. The number of aromatic nitrogens is 11. The van der Waals surface area contributed by atoms with Crippen LogP contribution < -0.4 is 40.6 Å². The number of methoxy groups -OCH3 is 4. The van der Waals surface area contributed by atoms with Crippen molar-refractivity contribution in [3.8, 4) is 59.9 Å². The zero-order chi connectivity index (χ0) is 69.2. The number of rotatable bonds is 16. The Morgan fingerprint density at radius 1 is 0.474 bits per heavy atom. The molecule has 13 aromatic rings. The van der Waals surface area contributed by atoms with Crippen LogP contribution >= 0.6 is 34.8 Å². The summed E-state index contributed by atoms with van der Waals surface area (Å²) in [6, 6.07) is 58.3. The summed E-state index contributed by atoms with van der Waals surface area (Å²) in [5.74, 6) is 5.18. The molecule has 0 amide bonds. The highest BCUT2D eigenvalue weighted by atomic mass is 35.5.